The number of nitrogens with two attached hydrogens (primary N) is 1. The van der Waals surface area contributed by atoms with Gasteiger partial charge in [0.1, 0.15) is 0 Å². The molecule has 1 heterocycles. The zero-order valence-corrected chi connectivity index (χ0v) is 14.2. The SMILES string of the molecule is Cc1nn(C(C)C)c(C)c1NC(=O)c1cccc(N)c1Br. The molecule has 0 saturated carbocycles. The number of nitrogens with zero attached hydrogens (tertiary/aromatic N) is 2. The van der Waals surface area contributed by atoms with Crippen molar-refractivity contribution in [1.82, 2.24) is 9.78 Å². The molecular formula is C15H19BrN4O. The van der Waals surface area contributed by atoms with Gasteiger partial charge in [0.05, 0.1) is 27.1 Å². The van der Waals surface area contributed by atoms with Gasteiger partial charge in [-0.3, -0.25) is 9.48 Å². The van der Waals surface area contributed by atoms with Crippen LogP contribution in [0.1, 0.15) is 41.6 Å². The number of benzene rings is 1. The third-order valence-corrected chi connectivity index (χ3v) is 4.21. The summed E-state index contributed by atoms with van der Waals surface area (Å²) >= 11 is 3.35. The molecule has 2 rings (SSSR count). The molecule has 0 atom stereocenters. The van der Waals surface area contributed by atoms with Crippen LogP contribution in [-0.2, 0) is 0 Å². The number of aryl methyl sites for hydroxylation is 1. The van der Waals surface area contributed by atoms with E-state index in [-0.39, 0.29) is 11.9 Å². The first-order valence-electron chi connectivity index (χ1n) is 6.74. The maximum atomic E-state index is 12.4. The van der Waals surface area contributed by atoms with Gasteiger partial charge in [-0.15, -0.1) is 0 Å². The summed E-state index contributed by atoms with van der Waals surface area (Å²) in [4.78, 5) is 12.4. The van der Waals surface area contributed by atoms with E-state index in [1.807, 2.05) is 18.5 Å². The standard InChI is InChI=1S/C15H19BrN4O/c1-8(2)20-10(4)14(9(3)19-20)18-15(21)11-6-5-7-12(17)13(11)16/h5-8H,17H2,1-4H3,(H,18,21). The largest absolute Gasteiger partial charge is 0.398 e. The molecular weight excluding hydrogens is 332 g/mol. The summed E-state index contributed by atoms with van der Waals surface area (Å²) in [6.07, 6.45) is 0. The molecule has 0 unspecified atom stereocenters. The Bertz CT molecular complexity index is 691. The van der Waals surface area contributed by atoms with Crippen molar-refractivity contribution in [3.63, 3.8) is 0 Å². The van der Waals surface area contributed by atoms with Crippen molar-refractivity contribution in [3.8, 4) is 0 Å². The molecule has 0 aliphatic rings. The Morgan fingerprint density at radius 2 is 2.05 bits per heavy atom. The second kappa shape index (κ2) is 5.89. The third-order valence-electron chi connectivity index (χ3n) is 3.33. The Morgan fingerprint density at radius 3 is 2.62 bits per heavy atom. The first-order valence-corrected chi connectivity index (χ1v) is 7.53. The van der Waals surface area contributed by atoms with E-state index in [4.69, 9.17) is 5.73 Å². The first kappa shape index (κ1) is 15.6. The van der Waals surface area contributed by atoms with Crippen molar-refractivity contribution in [2.75, 3.05) is 11.1 Å². The number of hydrogen-bond acceptors (Lipinski definition) is 3. The lowest BCUT2D eigenvalue weighted by molar-refractivity contribution is 0.102. The average Bonchev–Trinajstić information content (AvgIpc) is 2.70. The number of carbonyl (C=O) groups is 1. The van der Waals surface area contributed by atoms with Crippen LogP contribution in [0.25, 0.3) is 0 Å². The number of hydrogen-bond donors (Lipinski definition) is 2. The average molecular weight is 351 g/mol. The molecule has 0 saturated heterocycles. The molecule has 5 nitrogen and oxygen atoms in total. The fourth-order valence-corrected chi connectivity index (χ4v) is 2.70. The van der Waals surface area contributed by atoms with Gasteiger partial charge in [-0.1, -0.05) is 6.07 Å². The molecule has 3 N–H and O–H groups in total. The summed E-state index contributed by atoms with van der Waals surface area (Å²) in [7, 11) is 0. The van der Waals surface area contributed by atoms with Gasteiger partial charge in [0, 0.05) is 11.7 Å². The van der Waals surface area contributed by atoms with E-state index < -0.39 is 0 Å². The third kappa shape index (κ3) is 2.95. The van der Waals surface area contributed by atoms with Crippen LogP contribution in [0.5, 0.6) is 0 Å². The van der Waals surface area contributed by atoms with Crippen LogP contribution in [0.15, 0.2) is 22.7 Å². The topological polar surface area (TPSA) is 72.9 Å². The number of nitrogen functional groups attached to an aromatic ring is 1. The van der Waals surface area contributed by atoms with E-state index in [0.717, 1.165) is 17.1 Å². The van der Waals surface area contributed by atoms with Crippen molar-refractivity contribution in [2.45, 2.75) is 33.7 Å². The number of carbonyl (C=O) groups excluding carboxylic acids is 1. The Morgan fingerprint density at radius 1 is 1.38 bits per heavy atom. The van der Waals surface area contributed by atoms with Crippen LogP contribution >= 0.6 is 15.9 Å². The lowest BCUT2D eigenvalue weighted by atomic mass is 10.2. The monoisotopic (exact) mass is 350 g/mol. The van der Waals surface area contributed by atoms with E-state index in [9.17, 15) is 4.79 Å². The summed E-state index contributed by atoms with van der Waals surface area (Å²) in [5, 5.41) is 7.39. The number of rotatable bonds is 3. The highest BCUT2D eigenvalue weighted by Crippen LogP contribution is 2.27. The Hall–Kier alpha value is -1.82. The fourth-order valence-electron chi connectivity index (χ4n) is 2.25. The van der Waals surface area contributed by atoms with Crippen LogP contribution in [0.3, 0.4) is 0 Å². The first-order chi connectivity index (χ1) is 9.82. The lowest BCUT2D eigenvalue weighted by Gasteiger charge is -2.10. The minimum atomic E-state index is -0.205. The lowest BCUT2D eigenvalue weighted by Crippen LogP contribution is -2.14. The van der Waals surface area contributed by atoms with E-state index in [1.165, 1.54) is 0 Å². The Kier molecular flexibility index (Phi) is 4.37. The highest BCUT2D eigenvalue weighted by molar-refractivity contribution is 9.10. The van der Waals surface area contributed by atoms with Gasteiger partial charge < -0.3 is 11.1 Å². The maximum Gasteiger partial charge on any atom is 0.256 e. The van der Waals surface area contributed by atoms with Crippen molar-refractivity contribution in [3.05, 3.63) is 39.6 Å². The fraction of sp³-hybridized carbons (Fsp3) is 0.333. The van der Waals surface area contributed by atoms with Gasteiger partial charge >= 0.3 is 0 Å². The van der Waals surface area contributed by atoms with Gasteiger partial charge in [-0.2, -0.15) is 5.10 Å². The molecule has 0 bridgehead atoms. The number of nitrogens with one attached hydrogen (secondary N) is 1. The quantitative estimate of drug-likeness (QED) is 0.829. The van der Waals surface area contributed by atoms with Gasteiger partial charge in [0.25, 0.3) is 5.91 Å². The molecule has 112 valence electrons. The predicted octanol–water partition coefficient (Wildman–Crippen LogP) is 3.68. The molecule has 2 aromatic rings. The smallest absolute Gasteiger partial charge is 0.256 e. The van der Waals surface area contributed by atoms with Crippen LogP contribution in [0, 0.1) is 13.8 Å². The normalized spacial score (nSPS) is 11.0. The molecule has 0 aliphatic carbocycles. The van der Waals surface area contributed by atoms with Gasteiger partial charge in [0.15, 0.2) is 0 Å². The van der Waals surface area contributed by atoms with Gasteiger partial charge in [0.2, 0.25) is 0 Å². The molecule has 6 heteroatoms. The molecule has 0 aliphatic heterocycles. The summed E-state index contributed by atoms with van der Waals surface area (Å²) in [6, 6.07) is 5.47. The number of anilines is 2. The van der Waals surface area contributed by atoms with E-state index in [0.29, 0.717) is 15.7 Å². The summed E-state index contributed by atoms with van der Waals surface area (Å²) < 4.78 is 2.51. The Balaban J connectivity index is 2.34. The van der Waals surface area contributed by atoms with Crippen molar-refractivity contribution in [1.29, 1.82) is 0 Å². The molecule has 1 aromatic heterocycles. The number of amides is 1. The van der Waals surface area contributed by atoms with Crippen molar-refractivity contribution >= 4 is 33.2 Å². The highest BCUT2D eigenvalue weighted by atomic mass is 79.9. The van der Waals surface area contributed by atoms with Gasteiger partial charge in [-0.25, -0.2) is 0 Å². The maximum absolute atomic E-state index is 12.4. The summed E-state index contributed by atoms with van der Waals surface area (Å²) in [5.41, 5.74) is 9.35. The highest BCUT2D eigenvalue weighted by Gasteiger charge is 2.18. The number of aromatic nitrogens is 2. The second-order valence-electron chi connectivity index (χ2n) is 5.25. The van der Waals surface area contributed by atoms with Crippen molar-refractivity contribution in [2.24, 2.45) is 0 Å². The van der Waals surface area contributed by atoms with E-state index in [2.05, 4.69) is 40.2 Å². The van der Waals surface area contributed by atoms with E-state index in [1.54, 1.807) is 18.2 Å². The van der Waals surface area contributed by atoms with Crippen LogP contribution in [-0.4, -0.2) is 15.7 Å². The van der Waals surface area contributed by atoms with E-state index >= 15 is 0 Å². The minimum Gasteiger partial charge on any atom is -0.398 e. The Labute approximate surface area is 132 Å². The van der Waals surface area contributed by atoms with Crippen LogP contribution < -0.4 is 11.1 Å². The van der Waals surface area contributed by atoms with Crippen molar-refractivity contribution < 1.29 is 4.79 Å². The zero-order chi connectivity index (χ0) is 15.7. The second-order valence-corrected chi connectivity index (χ2v) is 6.04. The predicted molar refractivity (Wildman–Crippen MR) is 88.6 cm³/mol. The zero-order valence-electron chi connectivity index (χ0n) is 12.6. The minimum absolute atomic E-state index is 0.205. The molecule has 0 radical (unpaired) electrons. The number of halogens is 1. The molecule has 21 heavy (non-hydrogen) atoms. The van der Waals surface area contributed by atoms with Crippen LogP contribution in [0.4, 0.5) is 11.4 Å². The van der Waals surface area contributed by atoms with Gasteiger partial charge in [-0.05, 0) is 55.8 Å². The van der Waals surface area contributed by atoms with Crippen LogP contribution in [0.2, 0.25) is 0 Å². The molecule has 0 fully saturated rings. The summed E-state index contributed by atoms with van der Waals surface area (Å²) in [6.45, 7) is 7.94. The molecule has 1 amide bonds. The summed E-state index contributed by atoms with van der Waals surface area (Å²) in [5.74, 6) is -0.205. The molecule has 0 spiro atoms. The molecule has 1 aromatic carbocycles.